The smallest absolute Gasteiger partial charge is 0.322 e. The maximum Gasteiger partial charge on any atom is 0.322 e. The van der Waals surface area contributed by atoms with Crippen LogP contribution in [0.4, 0.5) is 0 Å². The number of amides is 1. The molecule has 1 aliphatic heterocycles. The number of benzene rings is 1. The predicted molar refractivity (Wildman–Crippen MR) is 120 cm³/mol. The maximum absolute atomic E-state index is 13.1. The molecule has 3 heterocycles. The van der Waals surface area contributed by atoms with Crippen molar-refractivity contribution in [2.24, 2.45) is 0 Å². The number of nitrogens with zero attached hydrogens (tertiary/aromatic N) is 2. The highest BCUT2D eigenvalue weighted by molar-refractivity contribution is 6.35. The van der Waals surface area contributed by atoms with E-state index >= 15 is 0 Å². The number of carboxylic acids is 1. The van der Waals surface area contributed by atoms with Crippen LogP contribution in [0.2, 0.25) is 10.0 Å². The number of carbonyl (C=O) groups is 2. The summed E-state index contributed by atoms with van der Waals surface area (Å²) >= 11 is 12.1. The van der Waals surface area contributed by atoms with E-state index in [4.69, 9.17) is 33.0 Å². The first-order valence-electron chi connectivity index (χ1n) is 9.71. The number of aromatic nitrogens is 2. The minimum atomic E-state index is -1.28. The number of carbonyl (C=O) groups excluding carboxylic acids is 1. The normalized spacial score (nSPS) is 12.4. The van der Waals surface area contributed by atoms with Crippen LogP contribution in [0.25, 0.3) is 11.3 Å². The van der Waals surface area contributed by atoms with Crippen molar-refractivity contribution in [2.75, 3.05) is 6.54 Å². The average molecular weight is 490 g/mol. The van der Waals surface area contributed by atoms with E-state index in [1.165, 1.54) is 4.57 Å². The van der Waals surface area contributed by atoms with Gasteiger partial charge in [0, 0.05) is 27.4 Å². The van der Waals surface area contributed by atoms with Crippen molar-refractivity contribution in [3.8, 4) is 17.0 Å². The van der Waals surface area contributed by atoms with Crippen molar-refractivity contribution in [3.63, 3.8) is 0 Å². The molecule has 0 atom stereocenters. The third-order valence-corrected chi connectivity index (χ3v) is 5.53. The number of rotatable bonds is 6. The van der Waals surface area contributed by atoms with Gasteiger partial charge in [-0.1, -0.05) is 29.3 Å². The van der Waals surface area contributed by atoms with E-state index in [1.807, 2.05) is 0 Å². The molecule has 4 rings (SSSR count). The number of pyridine rings is 2. The second-order valence-corrected chi connectivity index (χ2v) is 8.19. The maximum atomic E-state index is 13.1. The standard InChI is InChI=1S/C22H17Cl2N3O6/c23-13-3-12(4-14(24)5-13)16-2-1-11(6-25-16)8-27-17-10-33-9-15(17)20(30)19(22(27)32)21(31)26-7-18(28)29/h1-6,30H,7-10H2,(H,26,31)(H,28,29). The fourth-order valence-corrected chi connectivity index (χ4v) is 4.09. The first-order valence-corrected chi connectivity index (χ1v) is 10.5. The van der Waals surface area contributed by atoms with Gasteiger partial charge in [0.2, 0.25) is 0 Å². The Bertz CT molecular complexity index is 1300. The van der Waals surface area contributed by atoms with Gasteiger partial charge in [0.25, 0.3) is 11.5 Å². The fourth-order valence-electron chi connectivity index (χ4n) is 3.57. The largest absolute Gasteiger partial charge is 0.506 e. The van der Waals surface area contributed by atoms with Crippen molar-refractivity contribution in [1.29, 1.82) is 0 Å². The van der Waals surface area contributed by atoms with Gasteiger partial charge >= 0.3 is 5.97 Å². The van der Waals surface area contributed by atoms with Gasteiger partial charge in [-0.25, -0.2) is 0 Å². The van der Waals surface area contributed by atoms with Crippen LogP contribution in [-0.2, 0) is 29.3 Å². The molecule has 2 aromatic heterocycles. The number of hydrogen-bond acceptors (Lipinski definition) is 6. The molecular formula is C22H17Cl2N3O6. The van der Waals surface area contributed by atoms with Gasteiger partial charge in [0.15, 0.2) is 0 Å². The summed E-state index contributed by atoms with van der Waals surface area (Å²) in [6.45, 7) is -0.521. The molecule has 0 aliphatic carbocycles. The molecular weight excluding hydrogens is 473 g/mol. The van der Waals surface area contributed by atoms with Crippen molar-refractivity contribution in [2.45, 2.75) is 19.8 Å². The van der Waals surface area contributed by atoms with Gasteiger partial charge in [0.05, 0.1) is 31.1 Å². The third kappa shape index (κ3) is 4.70. The van der Waals surface area contributed by atoms with Gasteiger partial charge in [0.1, 0.15) is 17.9 Å². The summed E-state index contributed by atoms with van der Waals surface area (Å²) in [4.78, 5) is 40.7. The molecule has 0 bridgehead atoms. The molecule has 1 aromatic carbocycles. The number of nitrogens with one attached hydrogen (secondary N) is 1. The quantitative estimate of drug-likeness (QED) is 0.485. The highest BCUT2D eigenvalue weighted by Crippen LogP contribution is 2.30. The van der Waals surface area contributed by atoms with E-state index in [0.29, 0.717) is 32.6 Å². The van der Waals surface area contributed by atoms with E-state index < -0.39 is 35.3 Å². The van der Waals surface area contributed by atoms with E-state index in [-0.39, 0.29) is 19.8 Å². The Labute approximate surface area is 197 Å². The number of hydrogen-bond donors (Lipinski definition) is 3. The molecule has 0 saturated carbocycles. The lowest BCUT2D eigenvalue weighted by Gasteiger charge is -2.15. The van der Waals surface area contributed by atoms with Gasteiger partial charge < -0.3 is 24.8 Å². The molecule has 0 radical (unpaired) electrons. The molecule has 9 nitrogen and oxygen atoms in total. The summed E-state index contributed by atoms with van der Waals surface area (Å²) in [6, 6.07) is 8.59. The molecule has 33 heavy (non-hydrogen) atoms. The Hall–Kier alpha value is -3.40. The van der Waals surface area contributed by atoms with Crippen LogP contribution in [0.5, 0.6) is 5.75 Å². The van der Waals surface area contributed by atoms with Crippen LogP contribution in [0.15, 0.2) is 41.3 Å². The lowest BCUT2D eigenvalue weighted by atomic mass is 10.1. The zero-order chi connectivity index (χ0) is 23.7. The Morgan fingerprint density at radius 1 is 1.15 bits per heavy atom. The van der Waals surface area contributed by atoms with Crippen molar-refractivity contribution >= 4 is 35.1 Å². The van der Waals surface area contributed by atoms with E-state index in [0.717, 1.165) is 5.56 Å². The summed E-state index contributed by atoms with van der Waals surface area (Å²) in [5.74, 6) is -2.76. The third-order valence-electron chi connectivity index (χ3n) is 5.09. The Balaban J connectivity index is 1.69. The molecule has 1 aliphatic rings. The molecule has 1 amide bonds. The second kappa shape index (κ2) is 9.22. The van der Waals surface area contributed by atoms with E-state index in [1.54, 1.807) is 36.5 Å². The van der Waals surface area contributed by atoms with Crippen LogP contribution in [0.3, 0.4) is 0 Å². The first kappa shape index (κ1) is 22.8. The number of halogens is 2. The van der Waals surface area contributed by atoms with Crippen LogP contribution in [-0.4, -0.2) is 38.2 Å². The molecule has 3 aromatic rings. The molecule has 0 spiro atoms. The number of fused-ring (bicyclic) bond motifs is 1. The predicted octanol–water partition coefficient (Wildman–Crippen LogP) is 2.82. The van der Waals surface area contributed by atoms with Gasteiger partial charge in [-0.15, -0.1) is 0 Å². The van der Waals surface area contributed by atoms with Gasteiger partial charge in [-0.3, -0.25) is 19.4 Å². The monoisotopic (exact) mass is 489 g/mol. The topological polar surface area (TPSA) is 131 Å². The number of aromatic hydroxyl groups is 1. The highest BCUT2D eigenvalue weighted by atomic mass is 35.5. The van der Waals surface area contributed by atoms with E-state index in [9.17, 15) is 19.5 Å². The Kier molecular flexibility index (Phi) is 6.37. The molecule has 0 fully saturated rings. The fraction of sp³-hybridized carbons (Fsp3) is 0.182. The zero-order valence-corrected chi connectivity index (χ0v) is 18.5. The Morgan fingerprint density at radius 3 is 2.52 bits per heavy atom. The summed E-state index contributed by atoms with van der Waals surface area (Å²) in [5.41, 5.74) is 1.48. The average Bonchev–Trinajstić information content (AvgIpc) is 3.25. The van der Waals surface area contributed by atoms with Crippen LogP contribution in [0, 0.1) is 0 Å². The number of carboxylic acid groups (broad SMARTS) is 1. The lowest BCUT2D eigenvalue weighted by molar-refractivity contribution is -0.135. The minimum Gasteiger partial charge on any atom is -0.506 e. The Morgan fingerprint density at radius 2 is 1.88 bits per heavy atom. The van der Waals surface area contributed by atoms with Crippen LogP contribution < -0.4 is 10.9 Å². The highest BCUT2D eigenvalue weighted by Gasteiger charge is 2.29. The van der Waals surface area contributed by atoms with E-state index in [2.05, 4.69) is 10.3 Å². The summed E-state index contributed by atoms with van der Waals surface area (Å²) in [6.07, 6.45) is 1.58. The molecule has 0 unspecified atom stereocenters. The van der Waals surface area contributed by atoms with Crippen LogP contribution in [0.1, 0.15) is 27.2 Å². The zero-order valence-electron chi connectivity index (χ0n) is 17.0. The molecule has 170 valence electrons. The van der Waals surface area contributed by atoms with Crippen molar-refractivity contribution in [3.05, 3.63) is 79.3 Å². The van der Waals surface area contributed by atoms with Crippen LogP contribution >= 0.6 is 23.2 Å². The number of ether oxygens (including phenoxy) is 1. The van der Waals surface area contributed by atoms with Crippen molar-refractivity contribution in [1.82, 2.24) is 14.9 Å². The second-order valence-electron chi connectivity index (χ2n) is 7.32. The molecule has 3 N–H and O–H groups in total. The number of aliphatic carboxylic acids is 1. The first-order chi connectivity index (χ1) is 15.7. The summed E-state index contributed by atoms with van der Waals surface area (Å²) < 4.78 is 6.70. The van der Waals surface area contributed by atoms with Crippen molar-refractivity contribution < 1.29 is 24.5 Å². The SMILES string of the molecule is O=C(O)CNC(=O)c1c(O)c2c(n(Cc3ccc(-c4cc(Cl)cc(Cl)c4)nc3)c1=O)COC2. The summed E-state index contributed by atoms with van der Waals surface area (Å²) in [5, 5.41) is 22.3. The lowest BCUT2D eigenvalue weighted by Crippen LogP contribution is -2.37. The molecule has 0 saturated heterocycles. The summed E-state index contributed by atoms with van der Waals surface area (Å²) in [7, 11) is 0. The molecule has 11 heteroatoms. The van der Waals surface area contributed by atoms with Gasteiger partial charge in [-0.05, 0) is 29.8 Å². The van der Waals surface area contributed by atoms with Gasteiger partial charge in [-0.2, -0.15) is 0 Å². The minimum absolute atomic E-state index is 0.0212.